The van der Waals surface area contributed by atoms with Crippen molar-refractivity contribution >= 4 is 5.97 Å². The van der Waals surface area contributed by atoms with E-state index in [0.29, 0.717) is 77.0 Å². The van der Waals surface area contributed by atoms with Gasteiger partial charge in [-0.25, -0.2) is 0 Å². The molecule has 16 nitrogen and oxygen atoms in total. The number of fused-ring (bicyclic) bond motifs is 8. The highest BCUT2D eigenvalue weighted by atomic mass is 16.6. The van der Waals surface area contributed by atoms with Crippen LogP contribution in [0.3, 0.4) is 0 Å². The highest BCUT2D eigenvalue weighted by Gasteiger charge is 2.65. The van der Waals surface area contributed by atoms with Crippen molar-refractivity contribution in [3.05, 3.63) is 36.0 Å². The summed E-state index contributed by atoms with van der Waals surface area (Å²) in [6.07, 6.45) is 7.40. The van der Waals surface area contributed by atoms with E-state index in [1.165, 1.54) is 0 Å². The Morgan fingerprint density at radius 3 is 2.28 bits per heavy atom. The minimum absolute atomic E-state index is 0.0239. The number of hydrogen-bond donors (Lipinski definition) is 5. The summed E-state index contributed by atoms with van der Waals surface area (Å²) in [6.45, 7) is 24.9. The Kier molecular flexibility index (Phi) is 16.5. The zero-order valence-corrected chi connectivity index (χ0v) is 47.2. The molecule has 0 saturated carbocycles. The summed E-state index contributed by atoms with van der Waals surface area (Å²) in [6, 6.07) is 0. The second-order valence-electron chi connectivity index (χ2n) is 27.0. The van der Waals surface area contributed by atoms with Gasteiger partial charge in [-0.3, -0.25) is 4.79 Å². The van der Waals surface area contributed by atoms with Gasteiger partial charge >= 0.3 is 5.97 Å². The Labute approximate surface area is 451 Å². The van der Waals surface area contributed by atoms with Gasteiger partial charge in [0.05, 0.1) is 126 Å². The topological polar surface area (TPSA) is 211 Å². The first kappa shape index (κ1) is 57.4. The molecule has 0 aromatic carbocycles. The second kappa shape index (κ2) is 21.8. The molecule has 76 heavy (non-hydrogen) atoms. The second-order valence-corrected chi connectivity index (χ2v) is 27.0. The maximum Gasteiger partial charge on any atom is 0.303 e. The van der Waals surface area contributed by atoms with Crippen molar-refractivity contribution < 1.29 is 77.7 Å². The van der Waals surface area contributed by atoms with Crippen molar-refractivity contribution in [2.45, 2.75) is 303 Å². The van der Waals surface area contributed by atoms with Gasteiger partial charge in [0, 0.05) is 44.6 Å². The maximum absolute atomic E-state index is 12.4. The highest BCUT2D eigenvalue weighted by molar-refractivity contribution is 5.67. The van der Waals surface area contributed by atoms with Crippen LogP contribution in [0.5, 0.6) is 0 Å². The Hall–Kier alpha value is -1.87. The van der Waals surface area contributed by atoms with E-state index in [2.05, 4.69) is 66.3 Å². The van der Waals surface area contributed by atoms with E-state index < -0.39 is 70.6 Å². The minimum Gasteiger partial charge on any atom is -0.481 e. The molecule has 0 aliphatic carbocycles. The summed E-state index contributed by atoms with van der Waals surface area (Å²) in [5.41, 5.74) is -2.18. The first-order valence-electron chi connectivity index (χ1n) is 29.4. The van der Waals surface area contributed by atoms with Crippen LogP contribution in [-0.2, 0) is 52.2 Å². The Bertz CT molecular complexity index is 2150. The molecule has 0 aromatic rings. The fraction of sp³-hybridized carbons (Fsp3) is 0.883. The van der Waals surface area contributed by atoms with Crippen LogP contribution in [0.1, 0.15) is 166 Å². The van der Waals surface area contributed by atoms with E-state index >= 15 is 0 Å². The number of rotatable bonds is 11. The molecule has 3 unspecified atom stereocenters. The molecule has 16 heteroatoms. The van der Waals surface area contributed by atoms with Gasteiger partial charge in [0.25, 0.3) is 0 Å². The fourth-order valence-electron chi connectivity index (χ4n) is 16.0. The first-order valence-corrected chi connectivity index (χ1v) is 29.4. The molecule has 9 fully saturated rings. The smallest absolute Gasteiger partial charge is 0.303 e. The molecule has 0 radical (unpaired) electrons. The molecule has 0 amide bonds. The lowest BCUT2D eigenvalue weighted by Crippen LogP contribution is -2.74. The number of aliphatic hydroxyl groups excluding tert-OH is 3. The quantitative estimate of drug-likeness (QED) is 0.129. The third-order valence-corrected chi connectivity index (χ3v) is 20.2. The maximum atomic E-state index is 12.4. The van der Waals surface area contributed by atoms with Crippen LogP contribution in [-0.4, -0.2) is 176 Å². The molecule has 27 atom stereocenters. The molecule has 0 bridgehead atoms. The molecule has 5 N–H and O–H groups in total. The predicted octanol–water partition coefficient (Wildman–Crippen LogP) is 7.23. The number of aliphatic carboxylic acids is 1. The van der Waals surface area contributed by atoms with E-state index in [9.17, 15) is 30.3 Å². The fourth-order valence-corrected chi connectivity index (χ4v) is 16.0. The number of carboxylic acids is 1. The molecule has 10 aliphatic rings. The Balaban J connectivity index is 0.794. The van der Waals surface area contributed by atoms with Crippen molar-refractivity contribution in [3.63, 3.8) is 0 Å². The Morgan fingerprint density at radius 2 is 1.53 bits per heavy atom. The first-order chi connectivity index (χ1) is 35.8. The third-order valence-electron chi connectivity index (χ3n) is 20.2. The highest BCUT2D eigenvalue weighted by Crippen LogP contribution is 2.54. The standard InChI is InChI=1S/C60H94O16/c1-31(19-32(2)29-61)20-42-34(4)22-48-57(8,75-42)28-45-54(72-48)55(65)60(11)50(70-45)27-44-53(76-60)33(3)13-12-14-40-39(68-44)15-16-46-58(9,73-40)30-59(10)49(71-46)26-43-41(74-59)17-18-56(7,66)47(69-43)25-37(62)24-38-21-35(5)52(67-38)36(6)23-51(63)64/h12-13,19,32-33,35-50,52-55,61-62,65-66H,4,14-18,20-30H2,1-3,5-11H3,(H,63,64)/b13-12-,31-19+/t32?,33-,35-,36?,37?,38+,39-,40+,41-,42+,43+,44+,45+,46+,47-,48+,49-,50-,52+,53-,54+,55-,56-,57-,58-,59+,60-/m0/s1. The molecule has 10 rings (SSSR count). The summed E-state index contributed by atoms with van der Waals surface area (Å²) in [4.78, 5) is 11.4. The monoisotopic (exact) mass is 1070 g/mol. The molecular formula is C60H94O16. The van der Waals surface area contributed by atoms with Crippen LogP contribution in [0.2, 0.25) is 0 Å². The molecule has 10 heterocycles. The summed E-state index contributed by atoms with van der Waals surface area (Å²) in [5, 5.41) is 54.8. The summed E-state index contributed by atoms with van der Waals surface area (Å²) >= 11 is 0. The van der Waals surface area contributed by atoms with Crippen LogP contribution >= 0.6 is 0 Å². The number of carbonyl (C=O) groups is 1. The van der Waals surface area contributed by atoms with Gasteiger partial charge in [-0.05, 0) is 123 Å². The average molecular weight is 1070 g/mol. The molecule has 0 aromatic heterocycles. The van der Waals surface area contributed by atoms with Gasteiger partial charge in [0.15, 0.2) is 0 Å². The van der Waals surface area contributed by atoms with E-state index in [0.717, 1.165) is 17.6 Å². The van der Waals surface area contributed by atoms with Gasteiger partial charge in [0.1, 0.15) is 17.8 Å². The average Bonchev–Trinajstić information content (AvgIpc) is 3.71. The van der Waals surface area contributed by atoms with Crippen molar-refractivity contribution in [2.75, 3.05) is 6.61 Å². The van der Waals surface area contributed by atoms with Gasteiger partial charge < -0.3 is 72.9 Å². The summed E-state index contributed by atoms with van der Waals surface area (Å²) in [7, 11) is 0. The largest absolute Gasteiger partial charge is 0.481 e. The van der Waals surface area contributed by atoms with Crippen molar-refractivity contribution in [1.29, 1.82) is 0 Å². The molecular weight excluding hydrogens is 977 g/mol. The molecule has 10 aliphatic heterocycles. The minimum atomic E-state index is -1.20. The zero-order valence-electron chi connectivity index (χ0n) is 47.2. The van der Waals surface area contributed by atoms with Crippen LogP contribution in [0.25, 0.3) is 0 Å². The van der Waals surface area contributed by atoms with Crippen LogP contribution in [0.15, 0.2) is 36.0 Å². The SMILES string of the molecule is C=C1C[C@H]2O[C@@H]3[C@@H](C[C@]2(C)O[C@@H]1C/C(C)=C/C(C)CO)O[C@H]1C[C@H]2O[C@H]4CC[C@H]5O[C@H]6C[C@H]7O[C@@H](CC(O)C[C@H]8C[C@H](C)[C@H](C(C)CC(=O)O)O8)[C@@](C)(O)CC[C@@H]7O[C@]6(C)C[C@]5(C)O[C@@H]4C/C=C\[C@H](C)[C@@H]2O[C@]1(C)[C@H]3O. The van der Waals surface area contributed by atoms with E-state index in [4.69, 9.17) is 47.4 Å². The van der Waals surface area contributed by atoms with E-state index in [1.54, 1.807) is 6.92 Å². The Morgan fingerprint density at radius 1 is 0.789 bits per heavy atom. The zero-order chi connectivity index (χ0) is 54.4. The normalized spacial score (nSPS) is 52.1. The van der Waals surface area contributed by atoms with E-state index in [1.807, 2.05) is 20.8 Å². The lowest BCUT2D eigenvalue weighted by molar-refractivity contribution is -0.369. The van der Waals surface area contributed by atoms with Crippen molar-refractivity contribution in [3.8, 4) is 0 Å². The van der Waals surface area contributed by atoms with Crippen molar-refractivity contribution in [2.24, 2.45) is 23.7 Å². The molecule has 430 valence electrons. The number of hydrogen-bond acceptors (Lipinski definition) is 15. The number of carboxylic acid groups (broad SMARTS) is 1. The van der Waals surface area contributed by atoms with Gasteiger partial charge in [0.2, 0.25) is 0 Å². The van der Waals surface area contributed by atoms with Gasteiger partial charge in [-0.15, -0.1) is 0 Å². The lowest BCUT2D eigenvalue weighted by atomic mass is 9.72. The lowest BCUT2D eigenvalue weighted by Gasteiger charge is -2.61. The number of ether oxygens (including phenoxy) is 10. The van der Waals surface area contributed by atoms with Crippen LogP contribution in [0, 0.1) is 23.7 Å². The van der Waals surface area contributed by atoms with Crippen LogP contribution in [0.4, 0.5) is 0 Å². The summed E-state index contributed by atoms with van der Waals surface area (Å²) < 4.78 is 70.0. The molecule has 9 saturated heterocycles. The third kappa shape index (κ3) is 11.2. The van der Waals surface area contributed by atoms with Crippen molar-refractivity contribution in [1.82, 2.24) is 0 Å². The molecule has 0 spiro atoms. The van der Waals surface area contributed by atoms with Crippen LogP contribution < -0.4 is 0 Å². The van der Waals surface area contributed by atoms with Gasteiger partial charge in [-0.1, -0.05) is 58.1 Å². The number of aliphatic hydroxyl groups is 4. The predicted molar refractivity (Wildman–Crippen MR) is 280 cm³/mol. The summed E-state index contributed by atoms with van der Waals surface area (Å²) in [5.74, 6) is -0.759. The van der Waals surface area contributed by atoms with E-state index in [-0.39, 0.29) is 116 Å². The van der Waals surface area contributed by atoms with Gasteiger partial charge in [-0.2, -0.15) is 0 Å².